The summed E-state index contributed by atoms with van der Waals surface area (Å²) in [5, 5.41) is 13.1. The maximum atomic E-state index is 7.54. The number of hydrogen-bond acceptors (Lipinski definition) is 5. The first-order chi connectivity index (χ1) is 18.1. The highest BCUT2D eigenvalue weighted by Gasteiger charge is 2.31. The number of hydrogen-bond donors (Lipinski definition) is 0. The van der Waals surface area contributed by atoms with E-state index in [0.29, 0.717) is 5.69 Å². The summed E-state index contributed by atoms with van der Waals surface area (Å²) in [5.41, 5.74) is 6.14. The first kappa shape index (κ1) is 24.6. The van der Waals surface area contributed by atoms with E-state index in [0.717, 1.165) is 60.9 Å². The number of rotatable bonds is 7. The van der Waals surface area contributed by atoms with Crippen LogP contribution in [0.4, 0.5) is 5.69 Å². The third kappa shape index (κ3) is 5.51. The third-order valence-electron chi connectivity index (χ3n) is 6.95. The molecule has 2 heterocycles. The van der Waals surface area contributed by atoms with E-state index in [4.69, 9.17) is 6.57 Å². The van der Waals surface area contributed by atoms with E-state index in [1.165, 1.54) is 5.56 Å². The Kier molecular flexibility index (Phi) is 7.50. The lowest BCUT2D eigenvalue weighted by atomic mass is 10.0. The van der Waals surface area contributed by atoms with Crippen molar-refractivity contribution >= 4 is 11.8 Å². The molecule has 0 amide bonds. The van der Waals surface area contributed by atoms with Gasteiger partial charge in [0.25, 0.3) is 0 Å². The van der Waals surface area contributed by atoms with Crippen molar-refractivity contribution in [3.8, 4) is 5.69 Å². The summed E-state index contributed by atoms with van der Waals surface area (Å²) in [5.74, 6) is 0.775. The number of aryl methyl sites for hydroxylation is 2. The molecule has 1 fully saturated rings. The summed E-state index contributed by atoms with van der Waals surface area (Å²) in [7, 11) is 0. The van der Waals surface area contributed by atoms with Gasteiger partial charge in [0.1, 0.15) is 0 Å². The number of aromatic nitrogens is 4. The fourth-order valence-corrected chi connectivity index (χ4v) is 5.06. The molecule has 4 aromatic rings. The minimum atomic E-state index is -0.155. The van der Waals surface area contributed by atoms with E-state index < -0.39 is 0 Å². The van der Waals surface area contributed by atoms with Gasteiger partial charge in [0, 0.05) is 32.7 Å². The van der Waals surface area contributed by atoms with E-state index in [9.17, 15) is 0 Å². The van der Waals surface area contributed by atoms with Crippen molar-refractivity contribution in [2.24, 2.45) is 0 Å². The van der Waals surface area contributed by atoms with E-state index in [2.05, 4.69) is 105 Å². The topological polar surface area (TPSA) is 54.4 Å². The molecular formula is C30H31N7. The Hall–Kier alpha value is -4.12. The van der Waals surface area contributed by atoms with Crippen LogP contribution < -0.4 is 0 Å². The Morgan fingerprint density at radius 2 is 1.65 bits per heavy atom. The average molecular weight is 490 g/mol. The second-order valence-corrected chi connectivity index (χ2v) is 9.45. The third-order valence-corrected chi connectivity index (χ3v) is 6.95. The van der Waals surface area contributed by atoms with Crippen LogP contribution in [-0.4, -0.2) is 62.7 Å². The zero-order chi connectivity index (χ0) is 25.6. The van der Waals surface area contributed by atoms with Gasteiger partial charge in [0.05, 0.1) is 18.3 Å². The fraction of sp³-hybridized carbons (Fsp3) is 0.267. The van der Waals surface area contributed by atoms with Crippen molar-refractivity contribution in [2.45, 2.75) is 19.9 Å². The van der Waals surface area contributed by atoms with Crippen molar-refractivity contribution in [1.82, 2.24) is 30.0 Å². The van der Waals surface area contributed by atoms with E-state index in [-0.39, 0.29) is 6.04 Å². The van der Waals surface area contributed by atoms with Crippen LogP contribution >= 0.6 is 0 Å². The van der Waals surface area contributed by atoms with Gasteiger partial charge in [0.15, 0.2) is 11.5 Å². The predicted molar refractivity (Wildman–Crippen MR) is 147 cm³/mol. The molecule has 7 nitrogen and oxygen atoms in total. The standard InChI is InChI=1S/C30H31N7/c1-23-10-7-11-24(2)28(23)37-30(32-33-34-37)29(26-15-8-16-27(22-26)31-3)36-20-18-35(19-21-36)17-9-14-25-12-5-4-6-13-25/h4-16,22,29H,17-21H2,1-2H3/b14-9+/t29-/m0/s1. The Morgan fingerprint density at radius 1 is 0.919 bits per heavy atom. The first-order valence-electron chi connectivity index (χ1n) is 12.6. The first-order valence-corrected chi connectivity index (χ1v) is 12.6. The van der Waals surface area contributed by atoms with Gasteiger partial charge < -0.3 is 0 Å². The number of benzene rings is 3. The van der Waals surface area contributed by atoms with Crippen LogP contribution in [0.2, 0.25) is 0 Å². The molecule has 186 valence electrons. The van der Waals surface area contributed by atoms with Crippen LogP contribution in [0.1, 0.15) is 34.1 Å². The number of para-hydroxylation sites is 1. The van der Waals surface area contributed by atoms with Gasteiger partial charge in [-0.15, -0.1) is 5.10 Å². The maximum Gasteiger partial charge on any atom is 0.187 e. The van der Waals surface area contributed by atoms with Crippen molar-refractivity contribution in [3.63, 3.8) is 0 Å². The van der Waals surface area contributed by atoms with Crippen LogP contribution in [-0.2, 0) is 0 Å². The highest BCUT2D eigenvalue weighted by Crippen LogP contribution is 2.32. The quantitative estimate of drug-likeness (QED) is 0.332. The number of nitrogens with zero attached hydrogens (tertiary/aromatic N) is 7. The molecule has 0 unspecified atom stereocenters. The van der Waals surface area contributed by atoms with Gasteiger partial charge in [-0.25, -0.2) is 4.85 Å². The normalized spacial score (nSPS) is 15.6. The van der Waals surface area contributed by atoms with E-state index in [1.807, 2.05) is 28.9 Å². The predicted octanol–water partition coefficient (Wildman–Crippen LogP) is 5.25. The smallest absolute Gasteiger partial charge is 0.187 e. The molecule has 0 aliphatic carbocycles. The molecule has 3 aromatic carbocycles. The lowest BCUT2D eigenvalue weighted by Crippen LogP contribution is -2.48. The SMILES string of the molecule is [C-]#[N+]c1cccc([C@@H](c2nnnn2-c2c(C)cccc2C)N2CCN(C/C=C/c3ccccc3)CC2)c1. The minimum absolute atomic E-state index is 0.155. The molecule has 0 radical (unpaired) electrons. The Balaban J connectivity index is 1.41. The van der Waals surface area contributed by atoms with Crippen LogP contribution in [0.15, 0.2) is 78.9 Å². The van der Waals surface area contributed by atoms with Crippen molar-refractivity contribution in [2.75, 3.05) is 32.7 Å². The average Bonchev–Trinajstić information content (AvgIpc) is 3.39. The molecule has 0 saturated carbocycles. The van der Waals surface area contributed by atoms with Gasteiger partial charge in [-0.3, -0.25) is 9.80 Å². The molecule has 5 rings (SSSR count). The Bertz CT molecular complexity index is 1390. The molecular weight excluding hydrogens is 458 g/mol. The maximum absolute atomic E-state index is 7.54. The lowest BCUT2D eigenvalue weighted by molar-refractivity contribution is 0.113. The second-order valence-electron chi connectivity index (χ2n) is 9.45. The Labute approximate surface area is 218 Å². The largest absolute Gasteiger partial charge is 0.297 e. The summed E-state index contributed by atoms with van der Waals surface area (Å²) in [6, 6.07) is 24.3. The molecule has 1 saturated heterocycles. The van der Waals surface area contributed by atoms with Crippen LogP contribution in [0.25, 0.3) is 16.6 Å². The van der Waals surface area contributed by atoms with Crippen molar-refractivity contribution < 1.29 is 0 Å². The van der Waals surface area contributed by atoms with Gasteiger partial charge in [-0.1, -0.05) is 84.9 Å². The van der Waals surface area contributed by atoms with Gasteiger partial charge in [-0.05, 0) is 46.5 Å². The van der Waals surface area contributed by atoms with Crippen molar-refractivity contribution in [1.29, 1.82) is 0 Å². The summed E-state index contributed by atoms with van der Waals surface area (Å²) in [4.78, 5) is 8.59. The molecule has 1 aliphatic heterocycles. The minimum Gasteiger partial charge on any atom is -0.297 e. The second kappa shape index (κ2) is 11.3. The van der Waals surface area contributed by atoms with Gasteiger partial charge in [0.2, 0.25) is 0 Å². The lowest BCUT2D eigenvalue weighted by Gasteiger charge is -2.38. The molecule has 7 heteroatoms. The van der Waals surface area contributed by atoms with E-state index in [1.54, 1.807) is 0 Å². The summed E-state index contributed by atoms with van der Waals surface area (Å²) in [6.07, 6.45) is 4.42. The molecule has 0 spiro atoms. The summed E-state index contributed by atoms with van der Waals surface area (Å²) < 4.78 is 1.88. The molecule has 0 bridgehead atoms. The molecule has 0 N–H and O–H groups in total. The molecule has 1 aliphatic rings. The molecule has 1 atom stereocenters. The zero-order valence-corrected chi connectivity index (χ0v) is 21.3. The van der Waals surface area contributed by atoms with Crippen LogP contribution in [0.3, 0.4) is 0 Å². The van der Waals surface area contributed by atoms with Crippen molar-refractivity contribution in [3.05, 3.63) is 118 Å². The highest BCUT2D eigenvalue weighted by atomic mass is 15.6. The van der Waals surface area contributed by atoms with Crippen LogP contribution in [0, 0.1) is 20.4 Å². The highest BCUT2D eigenvalue weighted by molar-refractivity contribution is 5.50. The van der Waals surface area contributed by atoms with Gasteiger partial charge in [-0.2, -0.15) is 4.68 Å². The fourth-order valence-electron chi connectivity index (χ4n) is 5.06. The van der Waals surface area contributed by atoms with Crippen LogP contribution in [0.5, 0.6) is 0 Å². The molecule has 1 aromatic heterocycles. The van der Waals surface area contributed by atoms with E-state index >= 15 is 0 Å². The number of piperazine rings is 1. The summed E-state index contributed by atoms with van der Waals surface area (Å²) >= 11 is 0. The summed E-state index contributed by atoms with van der Waals surface area (Å²) in [6.45, 7) is 16.3. The monoisotopic (exact) mass is 489 g/mol. The number of tetrazole rings is 1. The van der Waals surface area contributed by atoms with Gasteiger partial charge >= 0.3 is 0 Å². The zero-order valence-electron chi connectivity index (χ0n) is 21.3. The Morgan fingerprint density at radius 3 is 2.38 bits per heavy atom. The molecule has 37 heavy (non-hydrogen) atoms.